The van der Waals surface area contributed by atoms with Crippen LogP contribution in [0, 0.1) is 11.8 Å². The van der Waals surface area contributed by atoms with Gasteiger partial charge in [0.2, 0.25) is 5.91 Å². The number of hydrogen-bond donors (Lipinski definition) is 6. The molecule has 9 nitrogen and oxygen atoms in total. The first-order valence-corrected chi connectivity index (χ1v) is 8.99. The maximum atomic E-state index is 12.3. The summed E-state index contributed by atoms with van der Waals surface area (Å²) in [7, 11) is 0. The van der Waals surface area contributed by atoms with E-state index >= 15 is 0 Å². The van der Waals surface area contributed by atoms with Crippen molar-refractivity contribution in [3.05, 3.63) is 65.2 Å². The molecule has 0 spiro atoms. The lowest BCUT2D eigenvalue weighted by Crippen LogP contribution is -2.51. The summed E-state index contributed by atoms with van der Waals surface area (Å²) in [6.07, 6.45) is -1.20. The van der Waals surface area contributed by atoms with Crippen LogP contribution in [-0.2, 0) is 9.59 Å². The van der Waals surface area contributed by atoms with Gasteiger partial charge in [0.1, 0.15) is 6.04 Å². The molecule has 0 aliphatic carbocycles. The lowest BCUT2D eigenvalue weighted by Gasteiger charge is -2.19. The maximum absolute atomic E-state index is 12.3. The number of rotatable bonds is 6. The number of benzene rings is 2. The summed E-state index contributed by atoms with van der Waals surface area (Å²) >= 11 is 0. The van der Waals surface area contributed by atoms with Crippen LogP contribution in [0.2, 0.25) is 0 Å². The van der Waals surface area contributed by atoms with Crippen LogP contribution in [0.5, 0.6) is 0 Å². The quantitative estimate of drug-likeness (QED) is 0.223. The zero-order valence-electron chi connectivity index (χ0n) is 16.2. The molecule has 0 bridgehead atoms. The molecule has 2 atom stereocenters. The van der Waals surface area contributed by atoms with Gasteiger partial charge >= 0.3 is 0 Å². The van der Waals surface area contributed by atoms with E-state index in [4.69, 9.17) is 10.9 Å². The first kappa shape index (κ1) is 22.6. The van der Waals surface area contributed by atoms with E-state index in [1.165, 1.54) is 24.5 Å². The summed E-state index contributed by atoms with van der Waals surface area (Å²) in [5.41, 5.74) is 8.73. The Kier molecular flexibility index (Phi) is 8.08. The van der Waals surface area contributed by atoms with Gasteiger partial charge in [0.05, 0.1) is 18.3 Å². The van der Waals surface area contributed by atoms with Gasteiger partial charge in [0.25, 0.3) is 11.8 Å². The molecule has 0 heterocycles. The summed E-state index contributed by atoms with van der Waals surface area (Å²) in [5, 5.41) is 23.3. The van der Waals surface area contributed by atoms with Gasteiger partial charge < -0.3 is 21.5 Å². The maximum Gasteiger partial charge on any atom is 0.268 e. The minimum Gasteiger partial charge on any atom is -0.391 e. The Morgan fingerprint density at radius 3 is 2.33 bits per heavy atom. The number of hydroxylamine groups is 1. The van der Waals surface area contributed by atoms with Gasteiger partial charge in [-0.05, 0) is 43.3 Å². The molecule has 156 valence electrons. The van der Waals surface area contributed by atoms with Crippen LogP contribution < -0.4 is 21.8 Å². The standard InChI is InChI=1S/C21H22N4O5/c1-13(26)19(21(29)25-30)24-20(28)16-10-7-14(8-11-16)6-9-15-4-2-3-5-17(15)23-18(27)12-22/h2-5,7-8,10-11,13,19,26,30H,12,22H2,1H3,(H,23,27)(H,24,28)(H,25,29). The highest BCUT2D eigenvalue weighted by Crippen LogP contribution is 2.14. The van der Waals surface area contributed by atoms with Gasteiger partial charge in [-0.1, -0.05) is 24.0 Å². The average Bonchev–Trinajstić information content (AvgIpc) is 2.76. The lowest BCUT2D eigenvalue weighted by molar-refractivity contribution is -0.133. The number of amides is 3. The van der Waals surface area contributed by atoms with Crippen molar-refractivity contribution in [2.24, 2.45) is 5.73 Å². The molecule has 30 heavy (non-hydrogen) atoms. The summed E-state index contributed by atoms with van der Waals surface area (Å²) < 4.78 is 0. The molecule has 2 rings (SSSR count). The second-order valence-electron chi connectivity index (χ2n) is 6.29. The minimum absolute atomic E-state index is 0.138. The number of carbonyl (C=O) groups excluding carboxylic acids is 3. The van der Waals surface area contributed by atoms with Crippen molar-refractivity contribution in [1.29, 1.82) is 0 Å². The number of nitrogens with two attached hydrogens (primary N) is 1. The fourth-order valence-corrected chi connectivity index (χ4v) is 2.45. The smallest absolute Gasteiger partial charge is 0.268 e. The largest absolute Gasteiger partial charge is 0.391 e. The highest BCUT2D eigenvalue weighted by molar-refractivity contribution is 5.97. The van der Waals surface area contributed by atoms with Crippen molar-refractivity contribution in [2.45, 2.75) is 19.1 Å². The van der Waals surface area contributed by atoms with E-state index in [1.54, 1.807) is 36.4 Å². The Bertz CT molecular complexity index is 977. The van der Waals surface area contributed by atoms with Crippen molar-refractivity contribution < 1.29 is 24.7 Å². The first-order valence-electron chi connectivity index (χ1n) is 8.99. The van der Waals surface area contributed by atoms with E-state index in [0.29, 0.717) is 16.8 Å². The molecule has 0 aliphatic heterocycles. The summed E-state index contributed by atoms with van der Waals surface area (Å²) in [4.78, 5) is 35.3. The van der Waals surface area contributed by atoms with Gasteiger partial charge in [-0.25, -0.2) is 5.48 Å². The third-order valence-electron chi connectivity index (χ3n) is 4.04. The molecule has 0 aromatic heterocycles. The number of carbonyl (C=O) groups is 3. The molecular formula is C21H22N4O5. The Morgan fingerprint density at radius 1 is 1.07 bits per heavy atom. The number of para-hydroxylation sites is 1. The van der Waals surface area contributed by atoms with Crippen molar-refractivity contribution >= 4 is 23.4 Å². The predicted octanol–water partition coefficient (Wildman–Crippen LogP) is -0.0318. The Labute approximate surface area is 173 Å². The van der Waals surface area contributed by atoms with E-state index in [2.05, 4.69) is 22.5 Å². The summed E-state index contributed by atoms with van der Waals surface area (Å²) in [6, 6.07) is 12.0. The monoisotopic (exact) mass is 410 g/mol. The second kappa shape index (κ2) is 10.7. The predicted molar refractivity (Wildman–Crippen MR) is 109 cm³/mol. The Balaban J connectivity index is 2.14. The third kappa shape index (κ3) is 6.15. The van der Waals surface area contributed by atoms with Crippen molar-refractivity contribution in [3.8, 4) is 11.8 Å². The molecule has 0 fully saturated rings. The summed E-state index contributed by atoms with van der Waals surface area (Å²) in [5.74, 6) is 4.04. The van der Waals surface area contributed by atoms with Crippen molar-refractivity contribution in [1.82, 2.24) is 10.8 Å². The van der Waals surface area contributed by atoms with E-state index < -0.39 is 24.0 Å². The molecule has 0 radical (unpaired) electrons. The van der Waals surface area contributed by atoms with Crippen molar-refractivity contribution in [3.63, 3.8) is 0 Å². The van der Waals surface area contributed by atoms with E-state index in [-0.39, 0.29) is 18.0 Å². The van der Waals surface area contributed by atoms with E-state index in [0.717, 1.165) is 0 Å². The Hall–Kier alpha value is -3.71. The van der Waals surface area contributed by atoms with Crippen LogP contribution in [-0.4, -0.2) is 46.7 Å². The van der Waals surface area contributed by atoms with Crippen LogP contribution in [0.1, 0.15) is 28.4 Å². The molecule has 0 aliphatic rings. The summed E-state index contributed by atoms with van der Waals surface area (Å²) in [6.45, 7) is 1.17. The van der Waals surface area contributed by atoms with E-state index in [1.807, 2.05) is 0 Å². The second-order valence-corrected chi connectivity index (χ2v) is 6.29. The van der Waals surface area contributed by atoms with Gasteiger partial charge in [0.15, 0.2) is 0 Å². The fourth-order valence-electron chi connectivity index (χ4n) is 2.45. The SMILES string of the molecule is CC(O)C(NC(=O)c1ccc(C#Cc2ccccc2NC(=O)CN)cc1)C(=O)NO. The van der Waals surface area contributed by atoms with Gasteiger partial charge in [0, 0.05) is 16.7 Å². The van der Waals surface area contributed by atoms with Gasteiger partial charge in [-0.2, -0.15) is 0 Å². The van der Waals surface area contributed by atoms with Crippen molar-refractivity contribution in [2.75, 3.05) is 11.9 Å². The molecule has 2 unspecified atom stereocenters. The fraction of sp³-hybridized carbons (Fsp3) is 0.190. The number of hydrogen-bond acceptors (Lipinski definition) is 6. The molecular weight excluding hydrogens is 388 g/mol. The number of aliphatic hydroxyl groups is 1. The Morgan fingerprint density at radius 2 is 1.73 bits per heavy atom. The molecule has 7 N–H and O–H groups in total. The van der Waals surface area contributed by atoms with Crippen LogP contribution >= 0.6 is 0 Å². The zero-order chi connectivity index (χ0) is 22.1. The first-order chi connectivity index (χ1) is 14.3. The normalized spacial score (nSPS) is 12.0. The molecule has 0 saturated heterocycles. The van der Waals surface area contributed by atoms with Gasteiger partial charge in [-0.3, -0.25) is 19.6 Å². The highest BCUT2D eigenvalue weighted by atomic mass is 16.5. The van der Waals surface area contributed by atoms with Crippen LogP contribution in [0.15, 0.2) is 48.5 Å². The number of aliphatic hydroxyl groups excluding tert-OH is 1. The van der Waals surface area contributed by atoms with E-state index in [9.17, 15) is 19.5 Å². The average molecular weight is 410 g/mol. The topological polar surface area (TPSA) is 154 Å². The van der Waals surface area contributed by atoms with Crippen LogP contribution in [0.3, 0.4) is 0 Å². The molecule has 2 aromatic carbocycles. The zero-order valence-corrected chi connectivity index (χ0v) is 16.2. The molecule has 3 amide bonds. The molecule has 9 heteroatoms. The number of anilines is 1. The molecule has 0 saturated carbocycles. The van der Waals surface area contributed by atoms with Crippen LogP contribution in [0.25, 0.3) is 0 Å². The van der Waals surface area contributed by atoms with Crippen LogP contribution in [0.4, 0.5) is 5.69 Å². The minimum atomic E-state index is -1.30. The molecule has 2 aromatic rings. The lowest BCUT2D eigenvalue weighted by atomic mass is 10.1. The number of nitrogens with one attached hydrogen (secondary N) is 3. The third-order valence-corrected chi connectivity index (χ3v) is 4.04. The highest BCUT2D eigenvalue weighted by Gasteiger charge is 2.25. The van der Waals surface area contributed by atoms with Gasteiger partial charge in [-0.15, -0.1) is 0 Å².